The molecule has 0 bridgehead atoms. The minimum Gasteiger partial charge on any atom is -0.459 e. The summed E-state index contributed by atoms with van der Waals surface area (Å²) in [6, 6.07) is 25.9. The number of anilines is 1. The summed E-state index contributed by atoms with van der Waals surface area (Å²) in [4.78, 5) is 15.4. The average Bonchev–Trinajstić information content (AvgIpc) is 3.29. The molecule has 0 radical (unpaired) electrons. The smallest absolute Gasteiger partial charge is 0.331 e. The maximum atomic E-state index is 13.0. The van der Waals surface area contributed by atoms with Crippen LogP contribution >= 0.6 is 0 Å². The molecule has 1 aliphatic rings. The molecule has 5 rings (SSSR count). The molecule has 1 aromatic heterocycles. The SMILES string of the molecule is CC(C)N1Cc2ccccc2-c2c(nnn2C(C)C(=O)OCc2ccccc2)-c2ccccc21. The minimum atomic E-state index is -0.624. The number of esters is 1. The summed E-state index contributed by atoms with van der Waals surface area (Å²) < 4.78 is 7.34. The monoisotopic (exact) mass is 452 g/mol. The fourth-order valence-corrected chi connectivity index (χ4v) is 4.49. The van der Waals surface area contributed by atoms with Gasteiger partial charge in [-0.05, 0) is 38.0 Å². The first kappa shape index (κ1) is 21.9. The summed E-state index contributed by atoms with van der Waals surface area (Å²) in [6.07, 6.45) is 0. The lowest BCUT2D eigenvalue weighted by Gasteiger charge is -2.33. The van der Waals surface area contributed by atoms with Gasteiger partial charge in [0.25, 0.3) is 0 Å². The highest BCUT2D eigenvalue weighted by Crippen LogP contribution is 2.42. The molecule has 0 fully saturated rings. The lowest BCUT2D eigenvalue weighted by atomic mass is 9.94. The van der Waals surface area contributed by atoms with Crippen molar-refractivity contribution in [3.63, 3.8) is 0 Å². The van der Waals surface area contributed by atoms with E-state index in [4.69, 9.17) is 4.74 Å². The summed E-state index contributed by atoms with van der Waals surface area (Å²) in [6.45, 7) is 7.19. The number of rotatable bonds is 5. The maximum absolute atomic E-state index is 13.0. The van der Waals surface area contributed by atoms with Crippen LogP contribution in [-0.2, 0) is 22.7 Å². The molecule has 172 valence electrons. The number of nitrogens with zero attached hydrogens (tertiary/aromatic N) is 4. The van der Waals surface area contributed by atoms with Crippen LogP contribution in [-0.4, -0.2) is 27.0 Å². The van der Waals surface area contributed by atoms with Crippen molar-refractivity contribution >= 4 is 11.7 Å². The summed E-state index contributed by atoms with van der Waals surface area (Å²) in [7, 11) is 0. The van der Waals surface area contributed by atoms with Gasteiger partial charge in [0, 0.05) is 29.4 Å². The van der Waals surface area contributed by atoms with E-state index in [9.17, 15) is 4.79 Å². The Balaban J connectivity index is 1.59. The van der Waals surface area contributed by atoms with Crippen molar-refractivity contribution in [2.24, 2.45) is 0 Å². The zero-order valence-electron chi connectivity index (χ0n) is 19.7. The second-order valence-corrected chi connectivity index (χ2v) is 8.90. The van der Waals surface area contributed by atoms with E-state index in [2.05, 4.69) is 65.5 Å². The summed E-state index contributed by atoms with van der Waals surface area (Å²) in [5, 5.41) is 9.06. The van der Waals surface area contributed by atoms with Crippen molar-refractivity contribution in [3.05, 3.63) is 90.0 Å². The summed E-state index contributed by atoms with van der Waals surface area (Å²) in [5.74, 6) is -0.340. The normalized spacial score (nSPS) is 13.4. The predicted octanol–water partition coefficient (Wildman–Crippen LogP) is 5.64. The van der Waals surface area contributed by atoms with Crippen LogP contribution < -0.4 is 4.90 Å². The molecule has 4 aromatic rings. The van der Waals surface area contributed by atoms with E-state index in [0.717, 1.165) is 40.3 Å². The molecule has 3 aromatic carbocycles. The number of aromatic nitrogens is 3. The Morgan fingerprint density at radius 3 is 2.35 bits per heavy atom. The Labute approximate surface area is 199 Å². The highest BCUT2D eigenvalue weighted by molar-refractivity contribution is 5.89. The van der Waals surface area contributed by atoms with Gasteiger partial charge in [-0.1, -0.05) is 78.0 Å². The molecule has 0 amide bonds. The molecule has 0 saturated carbocycles. The summed E-state index contributed by atoms with van der Waals surface area (Å²) in [5.41, 5.74) is 6.89. The van der Waals surface area contributed by atoms with E-state index in [1.807, 2.05) is 49.4 Å². The molecule has 0 N–H and O–H groups in total. The number of fused-ring (bicyclic) bond motifs is 5. The van der Waals surface area contributed by atoms with E-state index in [-0.39, 0.29) is 12.6 Å². The molecule has 1 unspecified atom stereocenters. The second-order valence-electron chi connectivity index (χ2n) is 8.90. The fraction of sp³-hybridized carbons (Fsp3) is 0.250. The van der Waals surface area contributed by atoms with Crippen molar-refractivity contribution in [2.75, 3.05) is 4.90 Å². The van der Waals surface area contributed by atoms with Crippen LogP contribution in [0, 0.1) is 0 Å². The first-order valence-corrected chi connectivity index (χ1v) is 11.6. The first-order valence-electron chi connectivity index (χ1n) is 11.6. The number of carbonyl (C=O) groups excluding carboxylic acids is 1. The Morgan fingerprint density at radius 2 is 1.59 bits per heavy atom. The van der Waals surface area contributed by atoms with E-state index >= 15 is 0 Å². The quantitative estimate of drug-likeness (QED) is 0.367. The molecule has 1 aliphatic heterocycles. The van der Waals surface area contributed by atoms with Gasteiger partial charge in [0.05, 0.1) is 5.69 Å². The molecule has 0 spiro atoms. The predicted molar refractivity (Wildman–Crippen MR) is 133 cm³/mol. The average molecular weight is 453 g/mol. The number of carbonyl (C=O) groups is 1. The van der Waals surface area contributed by atoms with Crippen LogP contribution in [0.25, 0.3) is 22.5 Å². The van der Waals surface area contributed by atoms with Crippen molar-refractivity contribution in [3.8, 4) is 22.5 Å². The van der Waals surface area contributed by atoms with Gasteiger partial charge in [-0.15, -0.1) is 5.10 Å². The van der Waals surface area contributed by atoms with Gasteiger partial charge in [-0.2, -0.15) is 0 Å². The largest absolute Gasteiger partial charge is 0.459 e. The zero-order valence-corrected chi connectivity index (χ0v) is 19.7. The summed E-state index contributed by atoms with van der Waals surface area (Å²) >= 11 is 0. The van der Waals surface area contributed by atoms with Gasteiger partial charge in [0.15, 0.2) is 0 Å². The van der Waals surface area contributed by atoms with Gasteiger partial charge in [-0.25, -0.2) is 9.48 Å². The van der Waals surface area contributed by atoms with E-state index in [1.165, 1.54) is 5.56 Å². The number of para-hydroxylation sites is 1. The molecule has 6 heteroatoms. The lowest BCUT2D eigenvalue weighted by molar-refractivity contribution is -0.148. The molecule has 34 heavy (non-hydrogen) atoms. The van der Waals surface area contributed by atoms with Crippen LogP contribution in [0.1, 0.15) is 37.9 Å². The number of benzene rings is 3. The standard InChI is InChI=1S/C28H28N4O2/c1-19(2)31-17-22-13-7-8-14-23(22)27-26(24-15-9-10-16-25(24)31)29-30-32(27)20(3)28(33)34-18-21-11-5-4-6-12-21/h4-16,19-20H,17-18H2,1-3H3. The van der Waals surface area contributed by atoms with E-state index < -0.39 is 6.04 Å². The van der Waals surface area contributed by atoms with Gasteiger partial charge in [0.1, 0.15) is 18.3 Å². The number of ether oxygens (including phenoxy) is 1. The van der Waals surface area contributed by atoms with Crippen molar-refractivity contribution < 1.29 is 9.53 Å². The molecule has 1 atom stereocenters. The molecule has 0 saturated heterocycles. The van der Waals surface area contributed by atoms with E-state index in [0.29, 0.717) is 6.04 Å². The van der Waals surface area contributed by atoms with Gasteiger partial charge >= 0.3 is 5.97 Å². The minimum absolute atomic E-state index is 0.226. The molecular weight excluding hydrogens is 424 g/mol. The number of hydrogen-bond donors (Lipinski definition) is 0. The van der Waals surface area contributed by atoms with Crippen molar-refractivity contribution in [2.45, 2.75) is 46.0 Å². The first-order chi connectivity index (χ1) is 16.5. The van der Waals surface area contributed by atoms with Gasteiger partial charge in [-0.3, -0.25) is 0 Å². The Hall–Kier alpha value is -3.93. The molecule has 6 nitrogen and oxygen atoms in total. The zero-order chi connectivity index (χ0) is 23.7. The Bertz CT molecular complexity index is 1310. The third-order valence-corrected chi connectivity index (χ3v) is 6.33. The second kappa shape index (κ2) is 9.14. The van der Waals surface area contributed by atoms with E-state index in [1.54, 1.807) is 4.68 Å². The number of hydrogen-bond acceptors (Lipinski definition) is 5. The highest BCUT2D eigenvalue weighted by atomic mass is 16.5. The highest BCUT2D eigenvalue weighted by Gasteiger charge is 2.30. The van der Waals surface area contributed by atoms with Crippen LogP contribution in [0.4, 0.5) is 5.69 Å². The van der Waals surface area contributed by atoms with Crippen LogP contribution in [0.5, 0.6) is 0 Å². The third kappa shape index (κ3) is 3.96. The van der Waals surface area contributed by atoms with Crippen LogP contribution in [0.2, 0.25) is 0 Å². The molecular formula is C28H28N4O2. The van der Waals surface area contributed by atoms with Crippen molar-refractivity contribution in [1.82, 2.24) is 15.0 Å². The van der Waals surface area contributed by atoms with Gasteiger partial charge < -0.3 is 9.64 Å². The Morgan fingerprint density at radius 1 is 0.912 bits per heavy atom. The topological polar surface area (TPSA) is 60.2 Å². The molecule has 2 heterocycles. The van der Waals surface area contributed by atoms with Crippen LogP contribution in [0.15, 0.2) is 78.9 Å². The Kier molecular flexibility index (Phi) is 5.88. The fourth-order valence-electron chi connectivity index (χ4n) is 4.49. The van der Waals surface area contributed by atoms with Crippen LogP contribution in [0.3, 0.4) is 0 Å². The lowest BCUT2D eigenvalue weighted by Crippen LogP contribution is -2.31. The third-order valence-electron chi connectivity index (χ3n) is 6.33. The maximum Gasteiger partial charge on any atom is 0.331 e. The van der Waals surface area contributed by atoms with Crippen molar-refractivity contribution in [1.29, 1.82) is 0 Å². The van der Waals surface area contributed by atoms with Gasteiger partial charge in [0.2, 0.25) is 0 Å². The molecule has 0 aliphatic carbocycles.